The highest BCUT2D eigenvalue weighted by Gasteiger charge is 2.26. The number of H-pyrrole nitrogens is 1. The second kappa shape index (κ2) is 7.88. The van der Waals surface area contributed by atoms with Gasteiger partial charge in [-0.1, -0.05) is 13.8 Å². The Morgan fingerprint density at radius 1 is 1.26 bits per heavy atom. The molecule has 10 nitrogen and oxygen atoms in total. The fraction of sp³-hybridized carbons (Fsp3) is 0.550. The second-order valence-corrected chi connectivity index (χ2v) is 10.9. The summed E-state index contributed by atoms with van der Waals surface area (Å²) in [4.78, 5) is 15.2. The number of anilines is 2. The minimum Gasteiger partial charge on any atom is -0.382 e. The van der Waals surface area contributed by atoms with E-state index in [-0.39, 0.29) is 23.3 Å². The van der Waals surface area contributed by atoms with Crippen molar-refractivity contribution in [2.24, 2.45) is 5.92 Å². The van der Waals surface area contributed by atoms with E-state index in [9.17, 15) is 13.9 Å². The van der Waals surface area contributed by atoms with Gasteiger partial charge in [-0.3, -0.25) is 19.0 Å². The molecule has 4 heterocycles. The van der Waals surface area contributed by atoms with Crippen molar-refractivity contribution in [1.29, 1.82) is 0 Å². The van der Waals surface area contributed by atoms with E-state index in [0.29, 0.717) is 47.7 Å². The number of aryl methyl sites for hydroxylation is 1. The predicted octanol–water partition coefficient (Wildman–Crippen LogP) is 2.98. The fourth-order valence-electron chi connectivity index (χ4n) is 3.96. The van der Waals surface area contributed by atoms with Gasteiger partial charge in [0.1, 0.15) is 11.2 Å². The Bertz CT molecular complexity index is 1150. The van der Waals surface area contributed by atoms with Crippen LogP contribution in [0.25, 0.3) is 22.2 Å². The van der Waals surface area contributed by atoms with E-state index in [2.05, 4.69) is 28.9 Å². The summed E-state index contributed by atoms with van der Waals surface area (Å²) in [5.41, 5.74) is 7.93. The molecule has 0 saturated carbocycles. The summed E-state index contributed by atoms with van der Waals surface area (Å²) in [6.45, 7) is 9.96. The summed E-state index contributed by atoms with van der Waals surface area (Å²) >= 11 is 0. The molecule has 3 aromatic heterocycles. The summed E-state index contributed by atoms with van der Waals surface area (Å²) in [5.74, 6) is 2.07. The van der Waals surface area contributed by atoms with Gasteiger partial charge >= 0.3 is 0 Å². The number of rotatable bonds is 5. The minimum atomic E-state index is -2.48. The van der Waals surface area contributed by atoms with Gasteiger partial charge in [-0.25, -0.2) is 4.68 Å². The van der Waals surface area contributed by atoms with Gasteiger partial charge in [-0.05, 0) is 19.8 Å². The molecule has 0 unspecified atom stereocenters. The third-order valence-corrected chi connectivity index (χ3v) is 7.89. The Morgan fingerprint density at radius 3 is 2.55 bits per heavy atom. The van der Waals surface area contributed by atoms with Gasteiger partial charge in [-0.15, -0.1) is 0 Å². The van der Waals surface area contributed by atoms with E-state index < -0.39 is 10.6 Å². The standard InChI is InChI=1S/C20H31N7O3S/c1-5-27-16(25-6-8-31(29,30)9-7-25)10-15(24-27)14-11-26(13(4)12(2)3)20(28)17-18(14)22-23-19(17)21/h10-13,29-30H,5-9H2,1-4H3,(H3,21,22,23)/t13-/m0/s1. The molecule has 5 N–H and O–H groups in total. The van der Waals surface area contributed by atoms with Gasteiger partial charge in [0.05, 0.1) is 22.7 Å². The number of fused-ring (bicyclic) bond motifs is 1. The fourth-order valence-corrected chi connectivity index (χ4v) is 5.19. The molecule has 11 heteroatoms. The smallest absolute Gasteiger partial charge is 0.264 e. The summed E-state index contributed by atoms with van der Waals surface area (Å²) in [7, 11) is -2.48. The van der Waals surface area contributed by atoms with E-state index in [0.717, 1.165) is 11.4 Å². The van der Waals surface area contributed by atoms with Crippen molar-refractivity contribution in [3.8, 4) is 11.3 Å². The van der Waals surface area contributed by atoms with Crippen LogP contribution in [-0.4, -0.2) is 58.2 Å². The number of nitrogens with zero attached hydrogens (tertiary/aromatic N) is 5. The van der Waals surface area contributed by atoms with Crippen molar-refractivity contribution in [3.05, 3.63) is 22.6 Å². The van der Waals surface area contributed by atoms with Crippen LogP contribution in [-0.2, 0) is 6.54 Å². The highest BCUT2D eigenvalue weighted by molar-refractivity contribution is 8.24. The van der Waals surface area contributed by atoms with Crippen LogP contribution in [0.3, 0.4) is 0 Å². The molecule has 1 saturated heterocycles. The largest absolute Gasteiger partial charge is 0.382 e. The van der Waals surface area contributed by atoms with Crippen molar-refractivity contribution in [2.75, 3.05) is 35.2 Å². The Balaban J connectivity index is 1.85. The normalized spacial score (nSPS) is 18.6. The molecule has 0 radical (unpaired) electrons. The molecular formula is C20H31N7O3S. The van der Waals surface area contributed by atoms with Crippen LogP contribution in [0.15, 0.2) is 17.1 Å². The quantitative estimate of drug-likeness (QED) is 0.470. The molecule has 0 aromatic carbocycles. The van der Waals surface area contributed by atoms with Gasteiger partial charge in [-0.2, -0.15) is 20.8 Å². The number of aromatic nitrogens is 5. The molecule has 4 rings (SSSR count). The first-order chi connectivity index (χ1) is 14.6. The molecule has 0 amide bonds. The van der Waals surface area contributed by atoms with Crippen LogP contribution in [0.2, 0.25) is 0 Å². The minimum absolute atomic E-state index is 0.0232. The molecule has 170 valence electrons. The number of hydrogen-bond donors (Lipinski definition) is 4. The second-order valence-electron chi connectivity index (χ2n) is 8.50. The zero-order chi connectivity index (χ0) is 22.5. The molecule has 1 fully saturated rings. The molecule has 1 aliphatic rings. The van der Waals surface area contributed by atoms with Gasteiger partial charge < -0.3 is 15.2 Å². The maximum atomic E-state index is 13.1. The molecule has 3 aromatic rings. The Kier molecular flexibility index (Phi) is 5.52. The van der Waals surface area contributed by atoms with Crippen LogP contribution < -0.4 is 16.2 Å². The lowest BCUT2D eigenvalue weighted by Crippen LogP contribution is -2.39. The number of pyridine rings is 1. The van der Waals surface area contributed by atoms with Crippen LogP contribution in [0.4, 0.5) is 11.6 Å². The predicted molar refractivity (Wildman–Crippen MR) is 126 cm³/mol. The number of nitrogen functional groups attached to an aromatic ring is 1. The number of nitrogens with one attached hydrogen (secondary N) is 1. The van der Waals surface area contributed by atoms with E-state index in [4.69, 9.17) is 10.8 Å². The topological polar surface area (TPSA) is 138 Å². The highest BCUT2D eigenvalue weighted by Crippen LogP contribution is 2.41. The maximum Gasteiger partial charge on any atom is 0.264 e. The first kappa shape index (κ1) is 21.7. The summed E-state index contributed by atoms with van der Waals surface area (Å²) in [6.07, 6.45) is 1.84. The zero-order valence-electron chi connectivity index (χ0n) is 18.4. The van der Waals surface area contributed by atoms with Crippen LogP contribution >= 0.6 is 10.6 Å². The van der Waals surface area contributed by atoms with Gasteiger partial charge in [0.2, 0.25) is 0 Å². The van der Waals surface area contributed by atoms with Gasteiger partial charge in [0, 0.05) is 43.5 Å². The third-order valence-electron chi connectivity index (χ3n) is 6.22. The molecule has 1 aliphatic heterocycles. The van der Waals surface area contributed by atoms with Gasteiger partial charge in [0.25, 0.3) is 5.56 Å². The van der Waals surface area contributed by atoms with Crippen molar-refractivity contribution < 1.29 is 9.11 Å². The van der Waals surface area contributed by atoms with E-state index >= 15 is 0 Å². The SMILES string of the molecule is CCn1nc(-c2cn([C@@H](C)C(C)C)c(=O)c3c(N)n[nH]c23)cc1N1CCS(O)(O)CC1. The zero-order valence-corrected chi connectivity index (χ0v) is 19.2. The highest BCUT2D eigenvalue weighted by atomic mass is 32.3. The monoisotopic (exact) mass is 449 g/mol. The Hall–Kier alpha value is -2.50. The number of aromatic amines is 1. The summed E-state index contributed by atoms with van der Waals surface area (Å²) in [6, 6.07) is 1.96. The number of nitrogens with two attached hydrogens (primary N) is 1. The molecule has 0 bridgehead atoms. The van der Waals surface area contributed by atoms with Gasteiger partial charge in [0.15, 0.2) is 5.82 Å². The van der Waals surface area contributed by atoms with Crippen molar-refractivity contribution in [2.45, 2.75) is 40.3 Å². The lowest BCUT2D eigenvalue weighted by atomic mass is 10.0. The lowest BCUT2D eigenvalue weighted by Gasteiger charge is -2.41. The van der Waals surface area contributed by atoms with Crippen LogP contribution in [0.5, 0.6) is 0 Å². The molecule has 1 atom stereocenters. The lowest BCUT2D eigenvalue weighted by molar-refractivity contribution is 0.400. The molecule has 31 heavy (non-hydrogen) atoms. The van der Waals surface area contributed by atoms with Crippen LogP contribution in [0.1, 0.15) is 33.7 Å². The number of hydrogen-bond acceptors (Lipinski definition) is 7. The third kappa shape index (κ3) is 3.81. The molecular weight excluding hydrogens is 418 g/mol. The van der Waals surface area contributed by atoms with Crippen molar-refractivity contribution in [3.63, 3.8) is 0 Å². The average molecular weight is 450 g/mol. The van der Waals surface area contributed by atoms with E-state index in [1.807, 2.05) is 30.8 Å². The first-order valence-electron chi connectivity index (χ1n) is 10.6. The first-order valence-corrected chi connectivity index (χ1v) is 12.5. The average Bonchev–Trinajstić information content (AvgIpc) is 3.32. The molecule has 0 aliphatic carbocycles. The van der Waals surface area contributed by atoms with Crippen molar-refractivity contribution >= 4 is 33.1 Å². The van der Waals surface area contributed by atoms with E-state index in [1.54, 1.807) is 4.57 Å². The van der Waals surface area contributed by atoms with Crippen molar-refractivity contribution in [1.82, 2.24) is 24.5 Å². The molecule has 0 spiro atoms. The van der Waals surface area contributed by atoms with E-state index in [1.165, 1.54) is 0 Å². The maximum absolute atomic E-state index is 13.1. The van der Waals surface area contributed by atoms with Crippen LogP contribution in [0, 0.1) is 5.92 Å². The Morgan fingerprint density at radius 2 is 1.94 bits per heavy atom. The Labute approximate surface area is 182 Å². The summed E-state index contributed by atoms with van der Waals surface area (Å²) in [5, 5.41) is 12.2. The summed E-state index contributed by atoms with van der Waals surface area (Å²) < 4.78 is 23.5.